The zero-order valence-corrected chi connectivity index (χ0v) is 13.9. The number of carboxylic acid groups (broad SMARTS) is 1. The fraction of sp³-hybridized carbons (Fsp3) is 0.917. The molecule has 1 amide bonds. The van der Waals surface area contributed by atoms with Crippen LogP contribution < -0.4 is 5.32 Å². The smallest absolute Gasteiger partial charge is 0.404 e. The van der Waals surface area contributed by atoms with Crippen LogP contribution in [0.25, 0.3) is 0 Å². The van der Waals surface area contributed by atoms with Crippen LogP contribution in [0.1, 0.15) is 27.7 Å². The average molecular weight is 327 g/mol. The molecule has 9 heteroatoms. The molecule has 21 heavy (non-hydrogen) atoms. The highest BCUT2D eigenvalue weighted by atomic mass is 31.2. The number of ether oxygens (including phenoxy) is 2. The second-order valence-corrected chi connectivity index (χ2v) is 7.15. The Morgan fingerprint density at radius 2 is 1.76 bits per heavy atom. The van der Waals surface area contributed by atoms with Crippen molar-refractivity contribution in [2.75, 3.05) is 32.6 Å². The molecular weight excluding hydrogens is 301 g/mol. The van der Waals surface area contributed by atoms with E-state index in [1.165, 1.54) is 6.92 Å². The minimum atomic E-state index is -3.53. The lowest BCUT2D eigenvalue weighted by Gasteiger charge is -2.37. The van der Waals surface area contributed by atoms with Crippen LogP contribution in [0.15, 0.2) is 0 Å². The molecule has 1 unspecified atom stereocenters. The van der Waals surface area contributed by atoms with Crippen LogP contribution in [0, 0.1) is 0 Å². The zero-order valence-electron chi connectivity index (χ0n) is 13.0. The Bertz CT molecular complexity index is 358. The van der Waals surface area contributed by atoms with Gasteiger partial charge in [-0.15, -0.1) is 0 Å². The number of carbonyl (C=O) groups is 1. The standard InChI is InChI=1S/C12H26NO7P/c1-5-18-12(4,19-6-2)21(17,20-7-3)9-10(8-14)13-11(15)16/h10,13-14H,5-9H2,1-4H3,(H,15,16)/t10-,21?/m1/s1. The highest BCUT2D eigenvalue weighted by Crippen LogP contribution is 2.60. The van der Waals surface area contributed by atoms with Gasteiger partial charge in [-0.2, -0.15) is 0 Å². The molecule has 0 saturated carbocycles. The number of aliphatic hydroxyl groups excluding tert-OH is 1. The predicted octanol–water partition coefficient (Wildman–Crippen LogP) is 1.68. The largest absolute Gasteiger partial charge is 0.465 e. The van der Waals surface area contributed by atoms with Gasteiger partial charge in [0.15, 0.2) is 0 Å². The van der Waals surface area contributed by atoms with Crippen LogP contribution in [0.2, 0.25) is 0 Å². The van der Waals surface area contributed by atoms with E-state index in [1.807, 2.05) is 0 Å². The Morgan fingerprint density at radius 3 is 2.10 bits per heavy atom. The van der Waals surface area contributed by atoms with Crippen molar-refractivity contribution in [1.82, 2.24) is 5.32 Å². The third-order valence-electron chi connectivity index (χ3n) is 2.79. The number of aliphatic hydroxyl groups is 1. The van der Waals surface area contributed by atoms with Crippen LogP contribution in [0.3, 0.4) is 0 Å². The van der Waals surface area contributed by atoms with Crippen LogP contribution in [-0.4, -0.2) is 60.5 Å². The van der Waals surface area contributed by atoms with Gasteiger partial charge in [0.2, 0.25) is 5.53 Å². The molecule has 0 radical (unpaired) electrons. The Morgan fingerprint density at radius 1 is 1.24 bits per heavy atom. The molecule has 8 nitrogen and oxygen atoms in total. The highest BCUT2D eigenvalue weighted by Gasteiger charge is 2.49. The molecule has 0 bridgehead atoms. The number of rotatable bonds is 11. The molecule has 0 aliphatic carbocycles. The van der Waals surface area contributed by atoms with E-state index in [1.54, 1.807) is 20.8 Å². The normalized spacial score (nSPS) is 16.2. The van der Waals surface area contributed by atoms with Gasteiger partial charge in [-0.25, -0.2) is 4.79 Å². The molecule has 0 aromatic carbocycles. The van der Waals surface area contributed by atoms with Crippen molar-refractivity contribution in [3.63, 3.8) is 0 Å². The lowest BCUT2D eigenvalue weighted by molar-refractivity contribution is -0.168. The number of hydrogen-bond donors (Lipinski definition) is 3. The lowest BCUT2D eigenvalue weighted by Crippen LogP contribution is -2.43. The third-order valence-corrected chi connectivity index (χ3v) is 5.88. The van der Waals surface area contributed by atoms with E-state index in [0.717, 1.165) is 0 Å². The third kappa shape index (κ3) is 5.92. The Hall–Kier alpha value is -0.660. The fourth-order valence-corrected chi connectivity index (χ4v) is 4.46. The van der Waals surface area contributed by atoms with Gasteiger partial charge in [-0.1, -0.05) is 0 Å². The van der Waals surface area contributed by atoms with Crippen molar-refractivity contribution in [2.45, 2.75) is 39.3 Å². The van der Waals surface area contributed by atoms with Crippen molar-refractivity contribution in [1.29, 1.82) is 0 Å². The number of nitrogens with one attached hydrogen (secondary N) is 1. The monoisotopic (exact) mass is 327 g/mol. The quantitative estimate of drug-likeness (QED) is 0.390. The second kappa shape index (κ2) is 9.38. The highest BCUT2D eigenvalue weighted by molar-refractivity contribution is 7.60. The van der Waals surface area contributed by atoms with Gasteiger partial charge >= 0.3 is 6.09 Å². The fourth-order valence-electron chi connectivity index (χ4n) is 1.93. The minimum Gasteiger partial charge on any atom is -0.465 e. The molecule has 0 aliphatic rings. The van der Waals surface area contributed by atoms with Gasteiger partial charge in [-0.05, 0) is 27.7 Å². The molecular formula is C12H26NO7P. The van der Waals surface area contributed by atoms with E-state index in [2.05, 4.69) is 5.32 Å². The summed E-state index contributed by atoms with van der Waals surface area (Å²) in [5.41, 5.74) is -1.49. The molecule has 0 spiro atoms. The summed E-state index contributed by atoms with van der Waals surface area (Å²) in [4.78, 5) is 10.7. The van der Waals surface area contributed by atoms with Crippen molar-refractivity contribution >= 4 is 13.5 Å². The summed E-state index contributed by atoms with van der Waals surface area (Å²) >= 11 is 0. The van der Waals surface area contributed by atoms with Gasteiger partial charge in [0.25, 0.3) is 7.37 Å². The summed E-state index contributed by atoms with van der Waals surface area (Å²) in [6.07, 6.45) is -1.54. The van der Waals surface area contributed by atoms with Crippen LogP contribution in [0.5, 0.6) is 0 Å². The minimum absolute atomic E-state index is 0.151. The second-order valence-electron chi connectivity index (χ2n) is 4.37. The van der Waals surface area contributed by atoms with E-state index in [9.17, 15) is 14.5 Å². The van der Waals surface area contributed by atoms with E-state index >= 15 is 0 Å². The maximum Gasteiger partial charge on any atom is 0.404 e. The molecule has 0 rings (SSSR count). The molecule has 0 heterocycles. The van der Waals surface area contributed by atoms with Gasteiger partial charge < -0.3 is 29.5 Å². The first kappa shape index (κ1) is 20.3. The Kier molecular flexibility index (Phi) is 9.08. The van der Waals surface area contributed by atoms with Crippen LogP contribution >= 0.6 is 7.37 Å². The SMILES string of the molecule is CCOC(C)(OCC)P(=O)(C[C@@H](CO)NC(=O)O)OCC. The van der Waals surface area contributed by atoms with E-state index in [-0.39, 0.29) is 26.0 Å². The maximum absolute atomic E-state index is 13.1. The van der Waals surface area contributed by atoms with Crippen molar-refractivity contribution < 1.29 is 33.6 Å². The average Bonchev–Trinajstić information content (AvgIpc) is 2.38. The molecule has 126 valence electrons. The van der Waals surface area contributed by atoms with Crippen molar-refractivity contribution in [3.8, 4) is 0 Å². The first-order chi connectivity index (χ1) is 9.78. The molecule has 3 N–H and O–H groups in total. The first-order valence-corrected chi connectivity index (χ1v) is 8.71. The number of hydrogen-bond acceptors (Lipinski definition) is 6. The van der Waals surface area contributed by atoms with Gasteiger partial charge in [0.1, 0.15) is 0 Å². The van der Waals surface area contributed by atoms with E-state index < -0.39 is 31.6 Å². The maximum atomic E-state index is 13.1. The van der Waals surface area contributed by atoms with Crippen LogP contribution in [-0.2, 0) is 18.6 Å². The Balaban J connectivity index is 5.35. The molecule has 0 aromatic heterocycles. The molecule has 0 aromatic rings. The molecule has 0 aliphatic heterocycles. The lowest BCUT2D eigenvalue weighted by atomic mass is 10.4. The predicted molar refractivity (Wildman–Crippen MR) is 77.8 cm³/mol. The van der Waals surface area contributed by atoms with Gasteiger partial charge in [0.05, 0.1) is 25.4 Å². The summed E-state index contributed by atoms with van der Waals surface area (Å²) in [7, 11) is -3.53. The van der Waals surface area contributed by atoms with Gasteiger partial charge in [-0.3, -0.25) is 4.57 Å². The van der Waals surface area contributed by atoms with Crippen LogP contribution in [0.4, 0.5) is 4.79 Å². The number of amides is 1. The summed E-state index contributed by atoms with van der Waals surface area (Å²) in [5, 5.41) is 20.1. The zero-order chi connectivity index (χ0) is 16.5. The molecule has 0 fully saturated rings. The molecule has 0 saturated heterocycles. The summed E-state index contributed by atoms with van der Waals surface area (Å²) < 4.78 is 29.5. The van der Waals surface area contributed by atoms with Gasteiger partial charge in [0, 0.05) is 13.2 Å². The topological polar surface area (TPSA) is 114 Å². The summed E-state index contributed by atoms with van der Waals surface area (Å²) in [6, 6.07) is -0.930. The molecule has 2 atom stereocenters. The first-order valence-electron chi connectivity index (χ1n) is 6.90. The van der Waals surface area contributed by atoms with E-state index in [4.69, 9.17) is 19.1 Å². The van der Waals surface area contributed by atoms with Crippen molar-refractivity contribution in [2.24, 2.45) is 0 Å². The summed E-state index contributed by atoms with van der Waals surface area (Å²) in [6.45, 7) is 6.79. The van der Waals surface area contributed by atoms with E-state index in [0.29, 0.717) is 0 Å². The summed E-state index contributed by atoms with van der Waals surface area (Å²) in [5.74, 6) is 0. The van der Waals surface area contributed by atoms with Crippen molar-refractivity contribution in [3.05, 3.63) is 0 Å². The Labute approximate surface area is 125 Å².